The number of benzene rings is 1. The second-order valence-corrected chi connectivity index (χ2v) is 4.49. The van der Waals surface area contributed by atoms with E-state index in [1.807, 2.05) is 12.1 Å². The molecule has 0 radical (unpaired) electrons. The smallest absolute Gasteiger partial charge is 0.261 e. The van der Waals surface area contributed by atoms with Crippen LogP contribution in [0.2, 0.25) is 0 Å². The summed E-state index contributed by atoms with van der Waals surface area (Å²) in [5.41, 5.74) is 9.50. The third-order valence-electron chi connectivity index (χ3n) is 3.27. The van der Waals surface area contributed by atoms with Crippen LogP contribution in [0.1, 0.15) is 27.9 Å². The van der Waals surface area contributed by atoms with E-state index in [0.717, 1.165) is 18.5 Å². The summed E-state index contributed by atoms with van der Waals surface area (Å²) in [5, 5.41) is 9.11. The van der Waals surface area contributed by atoms with Crippen molar-refractivity contribution in [2.45, 2.75) is 19.3 Å². The summed E-state index contributed by atoms with van der Waals surface area (Å²) in [5.74, 6) is 0.0489. The number of nitrogens with two attached hydrogens (primary N) is 1. The van der Waals surface area contributed by atoms with Gasteiger partial charge in [-0.1, -0.05) is 6.07 Å². The highest BCUT2D eigenvalue weighted by Crippen LogP contribution is 2.25. The molecule has 2 aromatic rings. The van der Waals surface area contributed by atoms with E-state index in [9.17, 15) is 4.79 Å². The Bertz CT molecular complexity index is 603. The van der Waals surface area contributed by atoms with Crippen molar-refractivity contribution in [3.63, 3.8) is 0 Å². The van der Waals surface area contributed by atoms with Gasteiger partial charge in [0.05, 0.1) is 6.20 Å². The molecule has 0 saturated carbocycles. The number of nitrogens with zero attached hydrogens (tertiary/aromatic N) is 1. The van der Waals surface area contributed by atoms with Crippen LogP contribution in [0.3, 0.4) is 0 Å². The van der Waals surface area contributed by atoms with Crippen LogP contribution in [0.4, 0.5) is 11.5 Å². The molecule has 0 unspecified atom stereocenters. The number of H-pyrrole nitrogens is 1. The first-order valence-corrected chi connectivity index (χ1v) is 5.96. The average Bonchev–Trinajstić information content (AvgIpc) is 2.96. The summed E-state index contributed by atoms with van der Waals surface area (Å²) >= 11 is 0. The van der Waals surface area contributed by atoms with Gasteiger partial charge in [-0.05, 0) is 42.5 Å². The molecule has 0 bridgehead atoms. The molecule has 5 nitrogen and oxygen atoms in total. The van der Waals surface area contributed by atoms with E-state index in [-0.39, 0.29) is 11.7 Å². The molecule has 3 rings (SSSR count). The number of aromatic amines is 1. The topological polar surface area (TPSA) is 83.8 Å². The minimum absolute atomic E-state index is 0.237. The summed E-state index contributed by atoms with van der Waals surface area (Å²) < 4.78 is 0. The molecular weight excluding hydrogens is 228 g/mol. The van der Waals surface area contributed by atoms with Gasteiger partial charge >= 0.3 is 0 Å². The van der Waals surface area contributed by atoms with E-state index >= 15 is 0 Å². The van der Waals surface area contributed by atoms with E-state index in [1.165, 1.54) is 23.7 Å². The standard InChI is InChI=1S/C13H14N4O/c14-12-11(7-15-17-12)13(18)16-10-5-4-8-2-1-3-9(8)6-10/h4-7H,1-3H2,(H,16,18)(H3,14,15,17). The van der Waals surface area contributed by atoms with Crippen molar-refractivity contribution < 1.29 is 4.79 Å². The number of nitrogen functional groups attached to an aromatic ring is 1. The zero-order valence-corrected chi connectivity index (χ0v) is 9.86. The van der Waals surface area contributed by atoms with E-state index in [0.29, 0.717) is 5.56 Å². The quantitative estimate of drug-likeness (QED) is 0.749. The first-order chi connectivity index (χ1) is 8.74. The number of carbonyl (C=O) groups excluding carboxylic acids is 1. The molecule has 1 aromatic heterocycles. The Labute approximate surface area is 104 Å². The van der Waals surface area contributed by atoms with Gasteiger partial charge in [0.25, 0.3) is 5.91 Å². The number of carbonyl (C=O) groups is 1. The Kier molecular flexibility index (Phi) is 2.51. The van der Waals surface area contributed by atoms with Crippen LogP contribution in [-0.4, -0.2) is 16.1 Å². The fourth-order valence-corrected chi connectivity index (χ4v) is 2.33. The maximum Gasteiger partial charge on any atom is 0.261 e. The average molecular weight is 242 g/mol. The highest BCUT2D eigenvalue weighted by atomic mass is 16.1. The van der Waals surface area contributed by atoms with Crippen molar-refractivity contribution in [3.05, 3.63) is 41.1 Å². The van der Waals surface area contributed by atoms with Crippen molar-refractivity contribution in [2.24, 2.45) is 0 Å². The molecule has 1 aromatic carbocycles. The summed E-state index contributed by atoms with van der Waals surface area (Å²) in [6, 6.07) is 6.05. The zero-order chi connectivity index (χ0) is 12.5. The number of aromatic nitrogens is 2. The highest BCUT2D eigenvalue weighted by molar-refractivity contribution is 6.07. The van der Waals surface area contributed by atoms with Crippen molar-refractivity contribution in [1.29, 1.82) is 0 Å². The second-order valence-electron chi connectivity index (χ2n) is 4.49. The normalized spacial score (nSPS) is 13.3. The number of aryl methyl sites for hydroxylation is 2. The molecule has 0 spiro atoms. The Morgan fingerprint density at radius 1 is 1.33 bits per heavy atom. The van der Waals surface area contributed by atoms with Crippen molar-refractivity contribution in [3.8, 4) is 0 Å². The van der Waals surface area contributed by atoms with Gasteiger partial charge in [-0.25, -0.2) is 0 Å². The van der Waals surface area contributed by atoms with Crippen LogP contribution >= 0.6 is 0 Å². The lowest BCUT2D eigenvalue weighted by Gasteiger charge is -2.06. The molecule has 4 N–H and O–H groups in total. The second kappa shape index (κ2) is 4.18. The Hall–Kier alpha value is -2.30. The fraction of sp³-hybridized carbons (Fsp3) is 0.231. The molecule has 0 saturated heterocycles. The maximum atomic E-state index is 11.9. The number of anilines is 2. The SMILES string of the molecule is Nc1[nH]ncc1C(=O)Nc1ccc2c(c1)CCC2. The maximum absolute atomic E-state index is 11.9. The van der Waals surface area contributed by atoms with Crippen LogP contribution in [0.25, 0.3) is 0 Å². The van der Waals surface area contributed by atoms with Crippen LogP contribution in [-0.2, 0) is 12.8 Å². The molecule has 18 heavy (non-hydrogen) atoms. The Balaban J connectivity index is 1.81. The fourth-order valence-electron chi connectivity index (χ4n) is 2.33. The molecule has 0 fully saturated rings. The van der Waals surface area contributed by atoms with Crippen LogP contribution in [0.15, 0.2) is 24.4 Å². The predicted molar refractivity (Wildman–Crippen MR) is 69.4 cm³/mol. The lowest BCUT2D eigenvalue weighted by molar-refractivity contribution is 0.102. The lowest BCUT2D eigenvalue weighted by Crippen LogP contribution is -2.13. The summed E-state index contributed by atoms with van der Waals surface area (Å²) in [6.07, 6.45) is 4.85. The molecule has 1 aliphatic carbocycles. The third-order valence-corrected chi connectivity index (χ3v) is 3.27. The predicted octanol–water partition coefficient (Wildman–Crippen LogP) is 1.73. The number of rotatable bonds is 2. The van der Waals surface area contributed by atoms with Gasteiger partial charge in [-0.15, -0.1) is 0 Å². The van der Waals surface area contributed by atoms with Crippen molar-refractivity contribution in [1.82, 2.24) is 10.2 Å². The van der Waals surface area contributed by atoms with Crippen molar-refractivity contribution in [2.75, 3.05) is 11.1 Å². The largest absolute Gasteiger partial charge is 0.383 e. The van der Waals surface area contributed by atoms with Gasteiger partial charge in [0.1, 0.15) is 11.4 Å². The van der Waals surface area contributed by atoms with Gasteiger partial charge in [-0.2, -0.15) is 5.10 Å². The van der Waals surface area contributed by atoms with E-state index in [4.69, 9.17) is 5.73 Å². The molecular formula is C13H14N4O. The molecule has 92 valence electrons. The van der Waals surface area contributed by atoms with E-state index in [2.05, 4.69) is 21.6 Å². The van der Waals surface area contributed by atoms with Crippen LogP contribution in [0, 0.1) is 0 Å². The molecule has 1 amide bonds. The monoisotopic (exact) mass is 242 g/mol. The highest BCUT2D eigenvalue weighted by Gasteiger charge is 2.14. The van der Waals surface area contributed by atoms with Crippen LogP contribution in [0.5, 0.6) is 0 Å². The minimum Gasteiger partial charge on any atom is -0.383 e. The first-order valence-electron chi connectivity index (χ1n) is 5.96. The van der Waals surface area contributed by atoms with E-state index in [1.54, 1.807) is 0 Å². The number of amides is 1. The number of fused-ring (bicyclic) bond motifs is 1. The van der Waals surface area contributed by atoms with Gasteiger partial charge in [0.15, 0.2) is 0 Å². The third kappa shape index (κ3) is 1.84. The Morgan fingerprint density at radius 3 is 2.94 bits per heavy atom. The molecule has 0 aliphatic heterocycles. The Morgan fingerprint density at radius 2 is 2.17 bits per heavy atom. The van der Waals surface area contributed by atoms with Crippen molar-refractivity contribution >= 4 is 17.4 Å². The first kappa shape index (κ1) is 10.8. The molecule has 1 aliphatic rings. The number of nitrogens with one attached hydrogen (secondary N) is 2. The van der Waals surface area contributed by atoms with Crippen LogP contribution < -0.4 is 11.1 Å². The summed E-state index contributed by atoms with van der Waals surface area (Å²) in [4.78, 5) is 11.9. The number of hydrogen-bond acceptors (Lipinski definition) is 3. The lowest BCUT2D eigenvalue weighted by atomic mass is 10.1. The minimum atomic E-state index is -0.237. The molecule has 5 heteroatoms. The molecule has 1 heterocycles. The molecule has 0 atom stereocenters. The van der Waals surface area contributed by atoms with E-state index < -0.39 is 0 Å². The summed E-state index contributed by atoms with van der Waals surface area (Å²) in [6.45, 7) is 0. The van der Waals surface area contributed by atoms with Gasteiger partial charge in [0, 0.05) is 5.69 Å². The number of hydrogen-bond donors (Lipinski definition) is 3. The summed E-state index contributed by atoms with van der Waals surface area (Å²) in [7, 11) is 0. The van der Waals surface area contributed by atoms with Gasteiger partial charge in [-0.3, -0.25) is 9.89 Å². The van der Waals surface area contributed by atoms with Gasteiger partial charge < -0.3 is 11.1 Å². The zero-order valence-electron chi connectivity index (χ0n) is 9.86. The van der Waals surface area contributed by atoms with Gasteiger partial charge in [0.2, 0.25) is 0 Å².